The van der Waals surface area contributed by atoms with Crippen LogP contribution in [0.2, 0.25) is 0 Å². The molecule has 1 N–H and O–H groups in total. The van der Waals surface area contributed by atoms with Gasteiger partial charge in [-0.05, 0) is 30.7 Å². The van der Waals surface area contributed by atoms with Crippen LogP contribution in [0.25, 0.3) is 0 Å². The SMILES string of the molecule is COc1cccc(C(C)N2C(=O)c3ccccc3C2(O)c2ccccc2)c1. The minimum atomic E-state index is -1.53. The summed E-state index contributed by atoms with van der Waals surface area (Å²) in [7, 11) is 1.61. The topological polar surface area (TPSA) is 49.8 Å². The molecule has 2 atom stereocenters. The molecule has 1 amide bonds. The van der Waals surface area contributed by atoms with Crippen LogP contribution in [0.3, 0.4) is 0 Å². The van der Waals surface area contributed by atoms with Crippen molar-refractivity contribution in [3.8, 4) is 5.75 Å². The van der Waals surface area contributed by atoms with Crippen molar-refractivity contribution in [2.24, 2.45) is 0 Å². The van der Waals surface area contributed by atoms with Crippen molar-refractivity contribution in [2.45, 2.75) is 18.7 Å². The third kappa shape index (κ3) is 2.61. The minimum Gasteiger partial charge on any atom is -0.497 e. The number of hydrogen-bond donors (Lipinski definition) is 1. The average Bonchev–Trinajstić information content (AvgIpc) is 2.96. The summed E-state index contributed by atoms with van der Waals surface area (Å²) in [6.07, 6.45) is 0. The molecular formula is C23H21NO3. The van der Waals surface area contributed by atoms with Crippen molar-refractivity contribution < 1.29 is 14.6 Å². The summed E-state index contributed by atoms with van der Waals surface area (Å²) in [5, 5.41) is 11.9. The van der Waals surface area contributed by atoms with Crippen LogP contribution in [0.1, 0.15) is 40.0 Å². The first kappa shape index (κ1) is 17.3. The minimum absolute atomic E-state index is 0.188. The van der Waals surface area contributed by atoms with E-state index in [1.807, 2.05) is 79.7 Å². The fourth-order valence-electron chi connectivity index (χ4n) is 3.85. The lowest BCUT2D eigenvalue weighted by molar-refractivity contribution is -0.0677. The maximum absolute atomic E-state index is 13.3. The van der Waals surface area contributed by atoms with Gasteiger partial charge in [0, 0.05) is 16.7 Å². The Hall–Kier alpha value is -3.11. The van der Waals surface area contributed by atoms with Crippen LogP contribution in [0.5, 0.6) is 5.75 Å². The summed E-state index contributed by atoms with van der Waals surface area (Å²) >= 11 is 0. The van der Waals surface area contributed by atoms with Gasteiger partial charge in [-0.1, -0.05) is 60.7 Å². The average molecular weight is 359 g/mol. The molecule has 1 heterocycles. The van der Waals surface area contributed by atoms with Gasteiger partial charge in [0.2, 0.25) is 0 Å². The number of benzene rings is 3. The summed E-state index contributed by atoms with van der Waals surface area (Å²) in [6, 6.07) is 23.8. The molecule has 136 valence electrons. The molecule has 27 heavy (non-hydrogen) atoms. The van der Waals surface area contributed by atoms with E-state index in [-0.39, 0.29) is 11.9 Å². The number of hydrogen-bond acceptors (Lipinski definition) is 3. The third-order valence-corrected chi connectivity index (χ3v) is 5.24. The zero-order valence-electron chi connectivity index (χ0n) is 15.3. The molecular weight excluding hydrogens is 338 g/mol. The molecule has 2 unspecified atom stereocenters. The number of methoxy groups -OCH3 is 1. The van der Waals surface area contributed by atoms with Gasteiger partial charge in [0.25, 0.3) is 5.91 Å². The molecule has 4 nitrogen and oxygen atoms in total. The van der Waals surface area contributed by atoms with Crippen LogP contribution in [-0.4, -0.2) is 23.0 Å². The lowest BCUT2D eigenvalue weighted by atomic mass is 9.92. The molecule has 0 radical (unpaired) electrons. The first-order valence-corrected chi connectivity index (χ1v) is 8.92. The summed E-state index contributed by atoms with van der Waals surface area (Å²) in [5.74, 6) is 0.527. The van der Waals surface area contributed by atoms with Crippen LogP contribution in [0, 0.1) is 0 Å². The van der Waals surface area contributed by atoms with E-state index in [1.54, 1.807) is 18.1 Å². The van der Waals surface area contributed by atoms with Crippen molar-refractivity contribution in [2.75, 3.05) is 7.11 Å². The van der Waals surface area contributed by atoms with Gasteiger partial charge in [0.05, 0.1) is 13.2 Å². The van der Waals surface area contributed by atoms with Crippen LogP contribution in [0.15, 0.2) is 78.9 Å². The molecule has 1 aliphatic rings. The predicted octanol–water partition coefficient (Wildman–Crippen LogP) is 4.11. The highest BCUT2D eigenvalue weighted by Crippen LogP contribution is 2.46. The molecule has 3 aromatic carbocycles. The van der Waals surface area contributed by atoms with Gasteiger partial charge in [-0.3, -0.25) is 9.69 Å². The Kier molecular flexibility index (Phi) is 4.21. The highest BCUT2D eigenvalue weighted by atomic mass is 16.5. The molecule has 4 rings (SSSR count). The molecule has 0 aromatic heterocycles. The van der Waals surface area contributed by atoms with Crippen molar-refractivity contribution in [1.82, 2.24) is 4.90 Å². The van der Waals surface area contributed by atoms with Gasteiger partial charge in [0.1, 0.15) is 5.75 Å². The smallest absolute Gasteiger partial charge is 0.257 e. The Balaban J connectivity index is 1.89. The third-order valence-electron chi connectivity index (χ3n) is 5.24. The van der Waals surface area contributed by atoms with Crippen molar-refractivity contribution in [3.63, 3.8) is 0 Å². The van der Waals surface area contributed by atoms with E-state index in [0.717, 1.165) is 5.56 Å². The van der Waals surface area contributed by atoms with E-state index in [0.29, 0.717) is 22.4 Å². The van der Waals surface area contributed by atoms with Crippen LogP contribution < -0.4 is 4.74 Å². The predicted molar refractivity (Wildman–Crippen MR) is 103 cm³/mol. The van der Waals surface area contributed by atoms with Crippen molar-refractivity contribution in [3.05, 3.63) is 101 Å². The number of amides is 1. The van der Waals surface area contributed by atoms with E-state index < -0.39 is 5.72 Å². The second-order valence-electron chi connectivity index (χ2n) is 6.71. The van der Waals surface area contributed by atoms with E-state index in [9.17, 15) is 9.90 Å². The molecule has 3 aromatic rings. The van der Waals surface area contributed by atoms with Gasteiger partial charge in [0.15, 0.2) is 5.72 Å². The zero-order chi connectivity index (χ0) is 19.0. The number of fused-ring (bicyclic) bond motifs is 1. The van der Waals surface area contributed by atoms with Crippen molar-refractivity contribution in [1.29, 1.82) is 0 Å². The van der Waals surface area contributed by atoms with Crippen molar-refractivity contribution >= 4 is 5.91 Å². The second-order valence-corrected chi connectivity index (χ2v) is 6.71. The molecule has 0 saturated heterocycles. The fraction of sp³-hybridized carbons (Fsp3) is 0.174. The highest BCUT2D eigenvalue weighted by Gasteiger charge is 2.51. The Morgan fingerprint density at radius 3 is 2.41 bits per heavy atom. The fourth-order valence-corrected chi connectivity index (χ4v) is 3.85. The Morgan fingerprint density at radius 1 is 0.963 bits per heavy atom. The lowest BCUT2D eigenvalue weighted by Gasteiger charge is -2.39. The quantitative estimate of drug-likeness (QED) is 0.763. The number of rotatable bonds is 4. The second kappa shape index (κ2) is 6.56. The Bertz CT molecular complexity index is 986. The maximum atomic E-state index is 13.3. The van der Waals surface area contributed by atoms with Gasteiger partial charge >= 0.3 is 0 Å². The summed E-state index contributed by atoms with van der Waals surface area (Å²) in [6.45, 7) is 1.92. The summed E-state index contributed by atoms with van der Waals surface area (Å²) in [5.41, 5.74) is 1.16. The number of nitrogens with zero attached hydrogens (tertiary/aromatic N) is 1. The largest absolute Gasteiger partial charge is 0.497 e. The van der Waals surface area contributed by atoms with Crippen LogP contribution >= 0.6 is 0 Å². The number of ether oxygens (including phenoxy) is 1. The Labute approximate surface area is 158 Å². The first-order chi connectivity index (χ1) is 13.1. The first-order valence-electron chi connectivity index (χ1n) is 8.92. The van der Waals surface area contributed by atoms with E-state index in [1.165, 1.54) is 0 Å². The monoisotopic (exact) mass is 359 g/mol. The van der Waals surface area contributed by atoms with Gasteiger partial charge in [-0.15, -0.1) is 0 Å². The van der Waals surface area contributed by atoms with Crippen LogP contribution in [-0.2, 0) is 5.72 Å². The Morgan fingerprint density at radius 2 is 1.67 bits per heavy atom. The van der Waals surface area contributed by atoms with E-state index in [2.05, 4.69) is 0 Å². The standard InChI is InChI=1S/C23H21NO3/c1-16(17-9-8-12-19(15-17)27-2)24-22(25)20-13-6-7-14-21(20)23(24,26)18-10-4-3-5-11-18/h3-16,26H,1-2H3. The molecule has 4 heteroatoms. The summed E-state index contributed by atoms with van der Waals surface area (Å²) < 4.78 is 5.33. The number of aliphatic hydroxyl groups is 1. The normalized spacial score (nSPS) is 19.7. The summed E-state index contributed by atoms with van der Waals surface area (Å²) in [4.78, 5) is 14.8. The lowest BCUT2D eigenvalue weighted by Crippen LogP contribution is -2.46. The van der Waals surface area contributed by atoms with E-state index in [4.69, 9.17) is 4.74 Å². The zero-order valence-corrected chi connectivity index (χ0v) is 15.3. The van der Waals surface area contributed by atoms with Gasteiger partial charge in [-0.25, -0.2) is 0 Å². The molecule has 0 fully saturated rings. The van der Waals surface area contributed by atoms with Crippen LogP contribution in [0.4, 0.5) is 0 Å². The molecule has 0 aliphatic carbocycles. The molecule has 0 spiro atoms. The molecule has 0 bridgehead atoms. The molecule has 1 aliphatic heterocycles. The molecule has 0 saturated carbocycles. The number of carbonyl (C=O) groups is 1. The number of carbonyl (C=O) groups excluding carboxylic acids is 1. The maximum Gasteiger partial charge on any atom is 0.257 e. The van der Waals surface area contributed by atoms with Gasteiger partial charge < -0.3 is 9.84 Å². The highest BCUT2D eigenvalue weighted by molar-refractivity contribution is 6.00. The van der Waals surface area contributed by atoms with E-state index >= 15 is 0 Å². The van der Waals surface area contributed by atoms with Gasteiger partial charge in [-0.2, -0.15) is 0 Å².